The Kier molecular flexibility index (Phi) is 5.84. The molecule has 2 aromatic rings. The van der Waals surface area contributed by atoms with Crippen molar-refractivity contribution in [2.45, 2.75) is 19.8 Å². The fourth-order valence-electron chi connectivity index (χ4n) is 3.08. The number of ether oxygens (including phenoxy) is 1. The highest BCUT2D eigenvalue weighted by atomic mass is 16.5. The van der Waals surface area contributed by atoms with Crippen molar-refractivity contribution in [2.75, 3.05) is 24.6 Å². The molecule has 2 amide bonds. The van der Waals surface area contributed by atoms with E-state index in [4.69, 9.17) is 4.74 Å². The number of anilines is 1. The Morgan fingerprint density at radius 3 is 2.85 bits per heavy atom. The molecule has 1 atom stereocenters. The van der Waals surface area contributed by atoms with Crippen LogP contribution in [0.25, 0.3) is 0 Å². The summed E-state index contributed by atoms with van der Waals surface area (Å²) in [6.45, 7) is 3.31. The van der Waals surface area contributed by atoms with E-state index in [9.17, 15) is 9.59 Å². The number of hydrogen-bond acceptors (Lipinski definition) is 4. The standard InChI is InChI=1S/C20H23N3O3/c1-2-26-18-9-4-3-8-17(18)23-14-15(13-19(23)24)20(25)22-12-10-16-7-5-6-11-21-16/h3-9,11,15H,2,10,12-14H2,1H3,(H,22,25)/t15-/m1/s1. The summed E-state index contributed by atoms with van der Waals surface area (Å²) >= 11 is 0. The van der Waals surface area contributed by atoms with Crippen molar-refractivity contribution < 1.29 is 14.3 Å². The Bertz CT molecular complexity index is 764. The van der Waals surface area contributed by atoms with Gasteiger partial charge in [0.15, 0.2) is 0 Å². The molecule has 0 aliphatic carbocycles. The molecule has 0 saturated carbocycles. The Morgan fingerprint density at radius 2 is 2.08 bits per heavy atom. The van der Waals surface area contributed by atoms with E-state index in [-0.39, 0.29) is 24.2 Å². The van der Waals surface area contributed by atoms with E-state index in [0.717, 1.165) is 11.4 Å². The topological polar surface area (TPSA) is 71.5 Å². The van der Waals surface area contributed by atoms with Gasteiger partial charge in [0.2, 0.25) is 11.8 Å². The molecule has 1 aliphatic heterocycles. The minimum absolute atomic E-state index is 0.0537. The van der Waals surface area contributed by atoms with Gasteiger partial charge in [0.1, 0.15) is 5.75 Å². The minimum atomic E-state index is -0.346. The lowest BCUT2D eigenvalue weighted by atomic mass is 10.1. The first-order chi connectivity index (χ1) is 12.7. The largest absolute Gasteiger partial charge is 0.492 e. The molecule has 2 heterocycles. The molecule has 1 fully saturated rings. The van der Waals surface area contributed by atoms with E-state index in [1.807, 2.05) is 49.4 Å². The monoisotopic (exact) mass is 353 g/mol. The number of rotatable bonds is 7. The van der Waals surface area contributed by atoms with Crippen molar-refractivity contribution in [1.82, 2.24) is 10.3 Å². The van der Waals surface area contributed by atoms with Crippen molar-refractivity contribution in [3.63, 3.8) is 0 Å². The van der Waals surface area contributed by atoms with Gasteiger partial charge in [-0.15, -0.1) is 0 Å². The van der Waals surface area contributed by atoms with E-state index in [1.165, 1.54) is 0 Å². The fraction of sp³-hybridized carbons (Fsp3) is 0.350. The highest BCUT2D eigenvalue weighted by Crippen LogP contribution is 2.33. The Balaban J connectivity index is 1.58. The third-order valence-corrected chi connectivity index (χ3v) is 4.36. The van der Waals surface area contributed by atoms with E-state index in [0.29, 0.717) is 31.9 Å². The third-order valence-electron chi connectivity index (χ3n) is 4.36. The van der Waals surface area contributed by atoms with Gasteiger partial charge in [0, 0.05) is 37.8 Å². The zero-order valence-electron chi connectivity index (χ0n) is 14.9. The van der Waals surface area contributed by atoms with Crippen LogP contribution < -0.4 is 15.0 Å². The highest BCUT2D eigenvalue weighted by molar-refractivity contribution is 6.01. The summed E-state index contributed by atoms with van der Waals surface area (Å²) in [4.78, 5) is 30.7. The average molecular weight is 353 g/mol. The number of amides is 2. The van der Waals surface area contributed by atoms with Gasteiger partial charge < -0.3 is 15.0 Å². The van der Waals surface area contributed by atoms with Crippen LogP contribution in [0.1, 0.15) is 19.0 Å². The lowest BCUT2D eigenvalue weighted by Crippen LogP contribution is -2.34. The van der Waals surface area contributed by atoms with Crippen LogP contribution in [0.3, 0.4) is 0 Å². The van der Waals surface area contributed by atoms with Crippen molar-refractivity contribution in [3.05, 3.63) is 54.4 Å². The van der Waals surface area contributed by atoms with Crippen molar-refractivity contribution in [1.29, 1.82) is 0 Å². The minimum Gasteiger partial charge on any atom is -0.492 e. The molecule has 1 aromatic heterocycles. The Labute approximate surface area is 153 Å². The molecule has 3 rings (SSSR count). The molecule has 136 valence electrons. The predicted molar refractivity (Wildman–Crippen MR) is 99.0 cm³/mol. The van der Waals surface area contributed by atoms with Crippen LogP contribution in [0, 0.1) is 5.92 Å². The number of nitrogens with zero attached hydrogens (tertiary/aromatic N) is 2. The third kappa shape index (κ3) is 4.20. The summed E-state index contributed by atoms with van der Waals surface area (Å²) in [6.07, 6.45) is 2.63. The van der Waals surface area contributed by atoms with Crippen LogP contribution in [-0.2, 0) is 16.0 Å². The first kappa shape index (κ1) is 17.9. The van der Waals surface area contributed by atoms with Crippen LogP contribution in [0.4, 0.5) is 5.69 Å². The van der Waals surface area contributed by atoms with Crippen LogP contribution in [0.5, 0.6) is 5.75 Å². The first-order valence-electron chi connectivity index (χ1n) is 8.89. The number of hydrogen-bond donors (Lipinski definition) is 1. The van der Waals surface area contributed by atoms with E-state index in [1.54, 1.807) is 11.1 Å². The molecule has 0 unspecified atom stereocenters. The Hall–Kier alpha value is -2.89. The maximum Gasteiger partial charge on any atom is 0.227 e. The van der Waals surface area contributed by atoms with E-state index >= 15 is 0 Å². The molecule has 6 nitrogen and oxygen atoms in total. The lowest BCUT2D eigenvalue weighted by molar-refractivity contribution is -0.126. The molecule has 0 radical (unpaired) electrons. The van der Waals surface area contributed by atoms with Gasteiger partial charge >= 0.3 is 0 Å². The molecule has 1 saturated heterocycles. The smallest absolute Gasteiger partial charge is 0.227 e. The van der Waals surface area contributed by atoms with Crippen LogP contribution in [-0.4, -0.2) is 36.5 Å². The summed E-state index contributed by atoms with van der Waals surface area (Å²) in [5, 5.41) is 2.92. The van der Waals surface area contributed by atoms with Gasteiger partial charge in [-0.2, -0.15) is 0 Å². The van der Waals surface area contributed by atoms with Crippen LogP contribution >= 0.6 is 0 Å². The number of nitrogens with one attached hydrogen (secondary N) is 1. The summed E-state index contributed by atoms with van der Waals surface area (Å²) in [5.41, 5.74) is 1.66. The quantitative estimate of drug-likeness (QED) is 0.828. The van der Waals surface area contributed by atoms with E-state index < -0.39 is 0 Å². The molecule has 0 bridgehead atoms. The number of aromatic nitrogens is 1. The van der Waals surface area contributed by atoms with Gasteiger partial charge in [0.25, 0.3) is 0 Å². The second-order valence-corrected chi connectivity index (χ2v) is 6.17. The number of para-hydroxylation sites is 2. The van der Waals surface area contributed by atoms with Crippen LogP contribution in [0.2, 0.25) is 0 Å². The van der Waals surface area contributed by atoms with Gasteiger partial charge in [-0.05, 0) is 31.2 Å². The van der Waals surface area contributed by atoms with Crippen molar-refractivity contribution in [2.24, 2.45) is 5.92 Å². The normalized spacial score (nSPS) is 16.6. The van der Waals surface area contributed by atoms with Gasteiger partial charge in [-0.25, -0.2) is 0 Å². The number of carbonyl (C=O) groups is 2. The summed E-state index contributed by atoms with van der Waals surface area (Å²) in [5.74, 6) is 0.174. The zero-order chi connectivity index (χ0) is 18.4. The second kappa shape index (κ2) is 8.47. The van der Waals surface area contributed by atoms with Gasteiger partial charge in [0.05, 0.1) is 18.2 Å². The molecule has 0 spiro atoms. The van der Waals surface area contributed by atoms with Crippen molar-refractivity contribution in [3.8, 4) is 5.75 Å². The SMILES string of the molecule is CCOc1ccccc1N1C[C@H](C(=O)NCCc2ccccn2)CC1=O. The number of pyridine rings is 1. The molecular weight excluding hydrogens is 330 g/mol. The van der Waals surface area contributed by atoms with Crippen molar-refractivity contribution >= 4 is 17.5 Å². The maximum atomic E-state index is 12.4. The second-order valence-electron chi connectivity index (χ2n) is 6.17. The Morgan fingerprint density at radius 1 is 1.27 bits per heavy atom. The highest BCUT2D eigenvalue weighted by Gasteiger charge is 2.36. The molecular formula is C20H23N3O3. The van der Waals surface area contributed by atoms with Gasteiger partial charge in [-0.3, -0.25) is 14.6 Å². The summed E-state index contributed by atoms with van der Waals surface area (Å²) in [6, 6.07) is 13.1. The molecule has 1 N–H and O–H groups in total. The number of carbonyl (C=O) groups excluding carboxylic acids is 2. The zero-order valence-corrected chi connectivity index (χ0v) is 14.9. The van der Waals surface area contributed by atoms with Gasteiger partial charge in [-0.1, -0.05) is 18.2 Å². The molecule has 1 aliphatic rings. The molecule has 26 heavy (non-hydrogen) atoms. The lowest BCUT2D eigenvalue weighted by Gasteiger charge is -2.20. The summed E-state index contributed by atoms with van der Waals surface area (Å²) in [7, 11) is 0. The van der Waals surface area contributed by atoms with E-state index in [2.05, 4.69) is 10.3 Å². The summed E-state index contributed by atoms with van der Waals surface area (Å²) < 4.78 is 5.61. The maximum absolute atomic E-state index is 12.4. The molecule has 6 heteroatoms. The van der Waals surface area contributed by atoms with Crippen LogP contribution in [0.15, 0.2) is 48.7 Å². The fourth-order valence-corrected chi connectivity index (χ4v) is 3.08. The first-order valence-corrected chi connectivity index (χ1v) is 8.89. The molecule has 1 aromatic carbocycles. The average Bonchev–Trinajstić information content (AvgIpc) is 3.05. The number of benzene rings is 1. The predicted octanol–water partition coefficient (Wildman–Crippen LogP) is 2.19.